The Balaban J connectivity index is 3.76. The molecule has 0 aliphatic carbocycles. The van der Waals surface area contributed by atoms with E-state index in [4.69, 9.17) is 4.74 Å². The molecule has 13 heavy (non-hydrogen) atoms. The maximum absolute atomic E-state index is 5.16. The third kappa shape index (κ3) is 6.02. The summed E-state index contributed by atoms with van der Waals surface area (Å²) in [6, 6.07) is 0.468. The monoisotopic (exact) mass is 188 g/mol. The number of rotatable bonds is 8. The zero-order valence-corrected chi connectivity index (χ0v) is 9.47. The second-order valence-corrected chi connectivity index (χ2v) is 3.20. The molecule has 0 aliphatic rings. The van der Waals surface area contributed by atoms with Gasteiger partial charge in [0.25, 0.3) is 0 Å². The van der Waals surface area contributed by atoms with E-state index in [9.17, 15) is 0 Å². The minimum Gasteiger partial charge on any atom is -0.383 e. The van der Waals surface area contributed by atoms with Crippen molar-refractivity contribution in [3.63, 3.8) is 0 Å². The number of nitrogens with one attached hydrogen (secondary N) is 1. The Bertz CT molecular complexity index is 99.1. The second-order valence-electron chi connectivity index (χ2n) is 3.20. The Morgan fingerprint density at radius 3 is 2.23 bits per heavy atom. The fourth-order valence-corrected chi connectivity index (χ4v) is 1.46. The van der Waals surface area contributed by atoms with E-state index in [1.165, 1.54) is 0 Å². The zero-order chi connectivity index (χ0) is 10.1. The highest BCUT2D eigenvalue weighted by Crippen LogP contribution is 1.92. The number of methoxy groups -OCH3 is 1. The Morgan fingerprint density at radius 2 is 1.85 bits per heavy atom. The zero-order valence-electron chi connectivity index (χ0n) is 9.47. The molecule has 1 N–H and O–H groups in total. The number of nitrogens with zero attached hydrogens (tertiary/aromatic N) is 1. The first-order valence-electron chi connectivity index (χ1n) is 5.23. The average Bonchev–Trinajstić information content (AvgIpc) is 2.14. The van der Waals surface area contributed by atoms with Crippen LogP contribution in [0.2, 0.25) is 0 Å². The Hall–Kier alpha value is -0.120. The molecule has 0 bridgehead atoms. The molecule has 0 radical (unpaired) electrons. The molecule has 0 fully saturated rings. The van der Waals surface area contributed by atoms with Crippen LogP contribution in [0.5, 0.6) is 0 Å². The SMILES string of the molecule is CCNC(COC)CN(CC)CC. The van der Waals surface area contributed by atoms with Crippen molar-refractivity contribution in [1.82, 2.24) is 10.2 Å². The molecule has 0 aromatic carbocycles. The van der Waals surface area contributed by atoms with Crippen molar-refractivity contribution in [2.45, 2.75) is 26.8 Å². The lowest BCUT2D eigenvalue weighted by Crippen LogP contribution is -2.43. The predicted molar refractivity (Wildman–Crippen MR) is 57.1 cm³/mol. The van der Waals surface area contributed by atoms with Crippen molar-refractivity contribution in [1.29, 1.82) is 0 Å². The smallest absolute Gasteiger partial charge is 0.0628 e. The van der Waals surface area contributed by atoms with Crippen molar-refractivity contribution >= 4 is 0 Å². The van der Waals surface area contributed by atoms with E-state index >= 15 is 0 Å². The summed E-state index contributed by atoms with van der Waals surface area (Å²) >= 11 is 0. The normalized spacial score (nSPS) is 13.6. The minimum absolute atomic E-state index is 0.468. The fraction of sp³-hybridized carbons (Fsp3) is 1.00. The maximum atomic E-state index is 5.16. The molecule has 0 aromatic rings. The van der Waals surface area contributed by atoms with Gasteiger partial charge in [-0.3, -0.25) is 0 Å². The van der Waals surface area contributed by atoms with Gasteiger partial charge < -0.3 is 15.0 Å². The molecule has 1 atom stereocenters. The number of likely N-dealkylation sites (N-methyl/N-ethyl adjacent to an activating group) is 2. The Morgan fingerprint density at radius 1 is 1.23 bits per heavy atom. The Kier molecular flexibility index (Phi) is 8.40. The summed E-state index contributed by atoms with van der Waals surface area (Å²) in [5.74, 6) is 0. The van der Waals surface area contributed by atoms with Crippen LogP contribution in [0.15, 0.2) is 0 Å². The quantitative estimate of drug-likeness (QED) is 0.614. The van der Waals surface area contributed by atoms with Gasteiger partial charge in [-0.1, -0.05) is 20.8 Å². The van der Waals surface area contributed by atoms with Gasteiger partial charge in [-0.2, -0.15) is 0 Å². The van der Waals surface area contributed by atoms with Crippen LogP contribution >= 0.6 is 0 Å². The van der Waals surface area contributed by atoms with Crippen LogP contribution in [0.1, 0.15) is 20.8 Å². The molecule has 1 unspecified atom stereocenters. The second kappa shape index (κ2) is 8.48. The Labute approximate surface area is 82.4 Å². The van der Waals surface area contributed by atoms with Crippen LogP contribution in [0.3, 0.4) is 0 Å². The van der Waals surface area contributed by atoms with E-state index in [0.29, 0.717) is 6.04 Å². The van der Waals surface area contributed by atoms with E-state index in [1.54, 1.807) is 7.11 Å². The van der Waals surface area contributed by atoms with Crippen LogP contribution in [-0.4, -0.2) is 50.8 Å². The van der Waals surface area contributed by atoms with Gasteiger partial charge in [0.2, 0.25) is 0 Å². The first kappa shape index (κ1) is 12.9. The summed E-state index contributed by atoms with van der Waals surface area (Å²) in [6.45, 7) is 11.6. The van der Waals surface area contributed by atoms with Gasteiger partial charge in [-0.15, -0.1) is 0 Å². The molecule has 3 nitrogen and oxygen atoms in total. The number of hydrogen-bond donors (Lipinski definition) is 1. The van der Waals surface area contributed by atoms with Gasteiger partial charge in [-0.25, -0.2) is 0 Å². The molecule has 0 aliphatic heterocycles. The molecule has 0 spiro atoms. The van der Waals surface area contributed by atoms with Crippen molar-refractivity contribution in [3.8, 4) is 0 Å². The molecular formula is C10H24N2O. The summed E-state index contributed by atoms with van der Waals surface area (Å²) in [7, 11) is 1.76. The van der Waals surface area contributed by atoms with Crippen molar-refractivity contribution in [2.75, 3.05) is 39.9 Å². The molecule has 0 saturated heterocycles. The fourth-order valence-electron chi connectivity index (χ4n) is 1.46. The number of hydrogen-bond acceptors (Lipinski definition) is 3. The summed E-state index contributed by atoms with van der Waals surface area (Å²) < 4.78 is 5.16. The molecule has 0 heterocycles. The average molecular weight is 188 g/mol. The minimum atomic E-state index is 0.468. The van der Waals surface area contributed by atoms with Crippen molar-refractivity contribution in [3.05, 3.63) is 0 Å². The third-order valence-electron chi connectivity index (χ3n) is 2.23. The third-order valence-corrected chi connectivity index (χ3v) is 2.23. The maximum Gasteiger partial charge on any atom is 0.0628 e. The molecule has 0 rings (SSSR count). The molecular weight excluding hydrogens is 164 g/mol. The summed E-state index contributed by atoms with van der Waals surface area (Å²) in [5.41, 5.74) is 0. The largest absolute Gasteiger partial charge is 0.383 e. The van der Waals surface area contributed by atoms with E-state index < -0.39 is 0 Å². The van der Waals surface area contributed by atoms with Gasteiger partial charge in [0, 0.05) is 19.7 Å². The van der Waals surface area contributed by atoms with E-state index in [0.717, 1.165) is 32.8 Å². The lowest BCUT2D eigenvalue weighted by molar-refractivity contribution is 0.142. The molecule has 0 aromatic heterocycles. The highest BCUT2D eigenvalue weighted by atomic mass is 16.5. The highest BCUT2D eigenvalue weighted by molar-refractivity contribution is 4.69. The first-order chi connectivity index (χ1) is 6.28. The molecule has 3 heteroatoms. The van der Waals surface area contributed by atoms with Gasteiger partial charge >= 0.3 is 0 Å². The molecule has 0 amide bonds. The first-order valence-corrected chi connectivity index (χ1v) is 5.23. The van der Waals surface area contributed by atoms with E-state index in [1.807, 2.05) is 0 Å². The van der Waals surface area contributed by atoms with E-state index in [2.05, 4.69) is 31.0 Å². The summed E-state index contributed by atoms with van der Waals surface area (Å²) in [5, 5.41) is 3.42. The summed E-state index contributed by atoms with van der Waals surface area (Å²) in [6.07, 6.45) is 0. The predicted octanol–water partition coefficient (Wildman–Crippen LogP) is 0.953. The van der Waals surface area contributed by atoms with Gasteiger partial charge in [0.15, 0.2) is 0 Å². The molecule has 80 valence electrons. The summed E-state index contributed by atoms with van der Waals surface area (Å²) in [4.78, 5) is 2.41. The van der Waals surface area contributed by atoms with Crippen molar-refractivity contribution < 1.29 is 4.74 Å². The van der Waals surface area contributed by atoms with Crippen LogP contribution < -0.4 is 5.32 Å². The van der Waals surface area contributed by atoms with E-state index in [-0.39, 0.29) is 0 Å². The van der Waals surface area contributed by atoms with Gasteiger partial charge in [0.05, 0.1) is 6.61 Å². The lowest BCUT2D eigenvalue weighted by Gasteiger charge is -2.25. The van der Waals surface area contributed by atoms with Crippen molar-refractivity contribution in [2.24, 2.45) is 0 Å². The standard InChI is InChI=1S/C10H24N2O/c1-5-11-10(9-13-4)8-12(6-2)7-3/h10-11H,5-9H2,1-4H3. The van der Waals surface area contributed by atoms with Crippen LogP contribution in [-0.2, 0) is 4.74 Å². The van der Waals surface area contributed by atoms with Crippen LogP contribution in [0.25, 0.3) is 0 Å². The van der Waals surface area contributed by atoms with Gasteiger partial charge in [0.1, 0.15) is 0 Å². The molecule has 0 saturated carbocycles. The highest BCUT2D eigenvalue weighted by Gasteiger charge is 2.09. The van der Waals surface area contributed by atoms with Crippen LogP contribution in [0.4, 0.5) is 0 Å². The van der Waals surface area contributed by atoms with Gasteiger partial charge in [-0.05, 0) is 19.6 Å². The topological polar surface area (TPSA) is 24.5 Å². The van der Waals surface area contributed by atoms with Crippen LogP contribution in [0, 0.1) is 0 Å². The number of ether oxygens (including phenoxy) is 1. The lowest BCUT2D eigenvalue weighted by atomic mass is 10.3.